The van der Waals surface area contributed by atoms with Gasteiger partial charge in [0.1, 0.15) is 15.2 Å². The van der Waals surface area contributed by atoms with Gasteiger partial charge in [-0.1, -0.05) is 48.0 Å². The van der Waals surface area contributed by atoms with Gasteiger partial charge in [0, 0.05) is 0 Å². The first-order valence-corrected chi connectivity index (χ1v) is 7.34. The highest BCUT2D eigenvalue weighted by molar-refractivity contribution is 8.24. The fraction of sp³-hybridized carbons (Fsp3) is 0.375. The summed E-state index contributed by atoms with van der Waals surface area (Å²) in [5.41, 5.74) is 0. The van der Waals surface area contributed by atoms with Gasteiger partial charge in [-0.3, -0.25) is 19.3 Å². The molecule has 2 fully saturated rings. The number of amides is 2. The molecule has 0 aromatic rings. The normalized spacial score (nSPS) is 18.6. The molecule has 98 valence electrons. The van der Waals surface area contributed by atoms with Crippen LogP contribution in [-0.4, -0.2) is 54.5 Å². The smallest absolute Gasteiger partial charge is 0.323 e. The van der Waals surface area contributed by atoms with Crippen LogP contribution in [0.3, 0.4) is 0 Å². The number of carboxylic acid groups (broad SMARTS) is 1. The zero-order valence-electron chi connectivity index (χ0n) is 8.87. The lowest BCUT2D eigenvalue weighted by Gasteiger charge is -2.10. The van der Waals surface area contributed by atoms with Gasteiger partial charge in [-0.05, 0) is 0 Å². The van der Waals surface area contributed by atoms with E-state index in [0.717, 1.165) is 4.90 Å². The molecule has 0 bridgehead atoms. The molecular formula is C8H8N2O4S4. The second kappa shape index (κ2) is 7.02. The molecule has 2 aliphatic rings. The zero-order chi connectivity index (χ0) is 13.7. The second-order valence-electron chi connectivity index (χ2n) is 3.05. The summed E-state index contributed by atoms with van der Waals surface area (Å²) in [6, 6.07) is 0. The minimum Gasteiger partial charge on any atom is -0.480 e. The Morgan fingerprint density at radius 1 is 1.33 bits per heavy atom. The van der Waals surface area contributed by atoms with Crippen LogP contribution < -0.4 is 5.32 Å². The molecule has 0 atom stereocenters. The molecule has 2 amide bonds. The number of rotatable bonds is 2. The molecule has 6 nitrogen and oxygen atoms in total. The van der Waals surface area contributed by atoms with Gasteiger partial charge in [0.2, 0.25) is 11.8 Å². The van der Waals surface area contributed by atoms with Crippen molar-refractivity contribution < 1.29 is 19.5 Å². The second-order valence-corrected chi connectivity index (χ2v) is 6.31. The lowest BCUT2D eigenvalue weighted by molar-refractivity contribution is -0.140. The largest absolute Gasteiger partial charge is 0.480 e. The third kappa shape index (κ3) is 4.88. The van der Waals surface area contributed by atoms with Crippen LogP contribution in [0.4, 0.5) is 0 Å². The van der Waals surface area contributed by atoms with Gasteiger partial charge in [-0.15, -0.1) is 0 Å². The van der Waals surface area contributed by atoms with Gasteiger partial charge in [-0.2, -0.15) is 0 Å². The molecule has 2 saturated heterocycles. The summed E-state index contributed by atoms with van der Waals surface area (Å²) in [6.07, 6.45) is 0. The Bertz CT molecular complexity index is 395. The van der Waals surface area contributed by atoms with Crippen molar-refractivity contribution in [3.63, 3.8) is 0 Å². The predicted octanol–water partition coefficient (Wildman–Crippen LogP) is 0.0656. The minimum absolute atomic E-state index is 0.0231. The van der Waals surface area contributed by atoms with Crippen molar-refractivity contribution in [1.82, 2.24) is 10.2 Å². The van der Waals surface area contributed by atoms with E-state index < -0.39 is 5.97 Å². The first-order chi connectivity index (χ1) is 8.40. The predicted molar refractivity (Wildman–Crippen MR) is 77.6 cm³/mol. The maximum Gasteiger partial charge on any atom is 0.323 e. The monoisotopic (exact) mass is 324 g/mol. The summed E-state index contributed by atoms with van der Waals surface area (Å²) >= 11 is 11.9. The summed E-state index contributed by atoms with van der Waals surface area (Å²) in [6.45, 7) is -0.315. The summed E-state index contributed by atoms with van der Waals surface area (Å²) in [4.78, 5) is 32.4. The van der Waals surface area contributed by atoms with E-state index in [9.17, 15) is 14.4 Å². The number of thioether (sulfide) groups is 2. The van der Waals surface area contributed by atoms with Crippen LogP contribution >= 0.6 is 48.0 Å². The van der Waals surface area contributed by atoms with Gasteiger partial charge >= 0.3 is 5.97 Å². The molecule has 18 heavy (non-hydrogen) atoms. The molecular weight excluding hydrogens is 316 g/mol. The molecule has 0 aliphatic carbocycles. The number of hydrogen-bond acceptors (Lipinski definition) is 7. The third-order valence-corrected chi connectivity index (χ3v) is 4.37. The van der Waals surface area contributed by atoms with Crippen LogP contribution in [0.25, 0.3) is 0 Å². The Kier molecular flexibility index (Phi) is 5.99. The number of nitrogens with zero attached hydrogens (tertiary/aromatic N) is 1. The van der Waals surface area contributed by atoms with E-state index >= 15 is 0 Å². The third-order valence-electron chi connectivity index (χ3n) is 1.71. The summed E-state index contributed by atoms with van der Waals surface area (Å²) < 4.78 is 0.961. The van der Waals surface area contributed by atoms with Gasteiger partial charge in [0.25, 0.3) is 0 Å². The Morgan fingerprint density at radius 2 is 2.00 bits per heavy atom. The van der Waals surface area contributed by atoms with Gasteiger partial charge in [-0.25, -0.2) is 0 Å². The van der Waals surface area contributed by atoms with E-state index in [0.29, 0.717) is 14.4 Å². The molecule has 0 aromatic carbocycles. The topological polar surface area (TPSA) is 86.7 Å². The van der Waals surface area contributed by atoms with Crippen molar-refractivity contribution in [2.24, 2.45) is 0 Å². The first-order valence-electron chi connectivity index (χ1n) is 4.55. The maximum atomic E-state index is 10.9. The van der Waals surface area contributed by atoms with Crippen LogP contribution in [0.5, 0.6) is 0 Å². The number of aliphatic carboxylic acids is 1. The van der Waals surface area contributed by atoms with Gasteiger partial charge in [0.15, 0.2) is 0 Å². The van der Waals surface area contributed by atoms with Crippen molar-refractivity contribution in [1.29, 1.82) is 0 Å². The standard InChI is InChI=1S/C5H5NO3S2.C3H3NOS2/c7-3-2-11-5(10)6(3)1-4(8)9;5-2-1-7-3(6)4-2/h1-2H2,(H,8,9);1H2,(H,4,5,6). The van der Waals surface area contributed by atoms with Gasteiger partial charge < -0.3 is 10.4 Å². The van der Waals surface area contributed by atoms with Crippen LogP contribution in [0.2, 0.25) is 0 Å². The molecule has 0 spiro atoms. The molecule has 2 N–H and O–H groups in total. The number of carbonyl (C=O) groups excluding carboxylic acids is 2. The molecule has 0 aromatic heterocycles. The number of hydrogen-bond donors (Lipinski definition) is 2. The number of carboxylic acids is 1. The zero-order valence-corrected chi connectivity index (χ0v) is 12.1. The van der Waals surface area contributed by atoms with Crippen LogP contribution in [0.1, 0.15) is 0 Å². The van der Waals surface area contributed by atoms with Crippen LogP contribution in [0, 0.1) is 0 Å². The van der Waals surface area contributed by atoms with E-state index in [-0.39, 0.29) is 24.1 Å². The van der Waals surface area contributed by atoms with E-state index in [1.165, 1.54) is 23.5 Å². The van der Waals surface area contributed by atoms with Crippen molar-refractivity contribution in [2.45, 2.75) is 0 Å². The number of carbonyl (C=O) groups is 3. The first kappa shape index (κ1) is 15.3. The molecule has 2 heterocycles. The average Bonchev–Trinajstić information content (AvgIpc) is 2.79. The highest BCUT2D eigenvalue weighted by atomic mass is 32.2. The van der Waals surface area contributed by atoms with E-state index in [1.54, 1.807) is 0 Å². The Morgan fingerprint density at radius 3 is 2.28 bits per heavy atom. The highest BCUT2D eigenvalue weighted by Crippen LogP contribution is 2.18. The summed E-state index contributed by atoms with van der Waals surface area (Å²) in [7, 11) is 0. The van der Waals surface area contributed by atoms with E-state index in [4.69, 9.17) is 17.3 Å². The Hall–Kier alpha value is -0.710. The summed E-state index contributed by atoms with van der Waals surface area (Å²) in [5.74, 6) is -0.467. The molecule has 2 aliphatic heterocycles. The lowest BCUT2D eigenvalue weighted by Crippen LogP contribution is -2.33. The Balaban J connectivity index is 0.000000199. The molecule has 10 heteroatoms. The number of thiocarbonyl (C=S) groups is 2. The fourth-order valence-corrected chi connectivity index (χ4v) is 2.87. The van der Waals surface area contributed by atoms with E-state index in [2.05, 4.69) is 17.5 Å². The lowest BCUT2D eigenvalue weighted by atomic mass is 10.5. The summed E-state index contributed by atoms with van der Waals surface area (Å²) in [5, 5.41) is 10.8. The molecule has 0 radical (unpaired) electrons. The quantitative estimate of drug-likeness (QED) is 0.690. The van der Waals surface area contributed by atoms with Crippen molar-refractivity contribution in [3.05, 3.63) is 0 Å². The van der Waals surface area contributed by atoms with Crippen molar-refractivity contribution in [2.75, 3.05) is 18.1 Å². The molecule has 0 unspecified atom stereocenters. The highest BCUT2D eigenvalue weighted by Gasteiger charge is 2.27. The minimum atomic E-state index is -1.04. The maximum absolute atomic E-state index is 10.9. The fourth-order valence-electron chi connectivity index (χ4n) is 0.986. The Labute approximate surface area is 122 Å². The SMILES string of the molecule is O=C(O)CN1C(=O)CSC1=S.O=C1CSC(=S)N1. The van der Waals surface area contributed by atoms with Crippen molar-refractivity contribution in [3.8, 4) is 0 Å². The molecule has 0 saturated carbocycles. The molecule has 2 rings (SSSR count). The van der Waals surface area contributed by atoms with Crippen LogP contribution in [0.15, 0.2) is 0 Å². The van der Waals surface area contributed by atoms with Gasteiger partial charge in [0.05, 0.1) is 11.5 Å². The van der Waals surface area contributed by atoms with Crippen LogP contribution in [-0.2, 0) is 14.4 Å². The van der Waals surface area contributed by atoms with Crippen molar-refractivity contribution >= 4 is 74.4 Å². The number of nitrogens with one attached hydrogen (secondary N) is 1. The van der Waals surface area contributed by atoms with E-state index in [1.807, 2.05) is 0 Å². The average molecular weight is 324 g/mol.